The third kappa shape index (κ3) is 3.24. The van der Waals surface area contributed by atoms with Gasteiger partial charge in [0.05, 0.1) is 6.20 Å². The molecule has 0 radical (unpaired) electrons. The maximum Gasteiger partial charge on any atom is 0.130 e. The summed E-state index contributed by atoms with van der Waals surface area (Å²) < 4.78 is 0. The van der Waals surface area contributed by atoms with Gasteiger partial charge in [-0.15, -0.1) is 6.42 Å². The van der Waals surface area contributed by atoms with Crippen LogP contribution in [0, 0.1) is 12.3 Å². The Labute approximate surface area is 55.0 Å². The van der Waals surface area contributed by atoms with Crippen molar-refractivity contribution >= 4 is 12.9 Å². The van der Waals surface area contributed by atoms with Crippen LogP contribution in [0.2, 0.25) is 0 Å². The van der Waals surface area contributed by atoms with Crippen LogP contribution in [-0.2, 0) is 0 Å². The van der Waals surface area contributed by atoms with Gasteiger partial charge in [0.1, 0.15) is 5.70 Å². The molecule has 0 saturated heterocycles. The molecule has 0 spiro atoms. The van der Waals surface area contributed by atoms with Crippen molar-refractivity contribution < 1.29 is 0 Å². The molecule has 0 fully saturated rings. The Morgan fingerprint density at radius 3 is 2.78 bits per heavy atom. The monoisotopic (exact) mass is 120 g/mol. The zero-order chi connectivity index (χ0) is 7.11. The number of nitrogens with zero attached hydrogens (tertiary/aromatic N) is 2. The maximum atomic E-state index is 5.03. The fraction of sp³-hybridized carbons (Fsp3) is 0.143. The highest BCUT2D eigenvalue weighted by molar-refractivity contribution is 5.56. The summed E-state index contributed by atoms with van der Waals surface area (Å²) >= 11 is 0. The molecule has 0 amide bonds. The minimum absolute atomic E-state index is 0.493. The molecule has 0 N–H and O–H groups in total. The molecule has 0 aromatic carbocycles. The molecule has 0 rings (SSSR count). The summed E-state index contributed by atoms with van der Waals surface area (Å²) in [7, 11) is 0. The largest absolute Gasteiger partial charge is 0.270 e. The van der Waals surface area contributed by atoms with Crippen molar-refractivity contribution in [3.63, 3.8) is 0 Å². The summed E-state index contributed by atoms with van der Waals surface area (Å²) in [5.41, 5.74) is 0.493. The second-order valence-corrected chi connectivity index (χ2v) is 1.23. The van der Waals surface area contributed by atoms with Crippen molar-refractivity contribution in [2.75, 3.05) is 0 Å². The fourth-order valence-electron chi connectivity index (χ4n) is 0.333. The van der Waals surface area contributed by atoms with E-state index in [0.29, 0.717) is 5.70 Å². The van der Waals surface area contributed by atoms with E-state index in [1.807, 2.05) is 0 Å². The van der Waals surface area contributed by atoms with Crippen LogP contribution >= 0.6 is 0 Å². The molecule has 0 saturated carbocycles. The van der Waals surface area contributed by atoms with Gasteiger partial charge in [-0.05, 0) is 19.6 Å². The fourth-order valence-corrected chi connectivity index (χ4v) is 0.333. The lowest BCUT2D eigenvalue weighted by Crippen LogP contribution is -1.69. The molecule has 0 aliphatic heterocycles. The van der Waals surface area contributed by atoms with Crippen LogP contribution < -0.4 is 0 Å². The first kappa shape index (κ1) is 7.64. The van der Waals surface area contributed by atoms with Crippen molar-refractivity contribution in [3.8, 4) is 12.3 Å². The molecule has 46 valence electrons. The number of terminal acetylenes is 1. The third-order valence-electron chi connectivity index (χ3n) is 0.630. The molecular formula is C7H8N2. The van der Waals surface area contributed by atoms with Gasteiger partial charge in [0.2, 0.25) is 0 Å². The number of aliphatic imine (C=N–C) groups is 2. The van der Waals surface area contributed by atoms with Crippen LogP contribution in [0.15, 0.2) is 21.9 Å². The minimum Gasteiger partial charge on any atom is -0.270 e. The van der Waals surface area contributed by atoms with Crippen LogP contribution in [0.25, 0.3) is 0 Å². The number of hydrogen-bond acceptors (Lipinski definition) is 2. The third-order valence-corrected chi connectivity index (χ3v) is 0.630. The molecule has 2 heteroatoms. The van der Waals surface area contributed by atoms with Gasteiger partial charge >= 0.3 is 0 Å². The predicted octanol–water partition coefficient (Wildman–Crippen LogP) is 1.25. The summed E-state index contributed by atoms with van der Waals surface area (Å²) in [6.45, 7) is 5.02. The van der Waals surface area contributed by atoms with E-state index in [1.165, 1.54) is 6.20 Å². The van der Waals surface area contributed by atoms with Crippen LogP contribution in [0.5, 0.6) is 0 Å². The molecule has 0 aliphatic rings. The first-order valence-corrected chi connectivity index (χ1v) is 2.46. The SMILES string of the molecule is C#C/C(=C/N=C)N=CC. The average Bonchev–Trinajstić information content (AvgIpc) is 1.88. The van der Waals surface area contributed by atoms with Gasteiger partial charge in [-0.2, -0.15) is 0 Å². The van der Waals surface area contributed by atoms with E-state index >= 15 is 0 Å². The molecule has 0 atom stereocenters. The van der Waals surface area contributed by atoms with Crippen LogP contribution in [0.3, 0.4) is 0 Å². The number of rotatable bonds is 2. The van der Waals surface area contributed by atoms with E-state index in [9.17, 15) is 0 Å². The lowest BCUT2D eigenvalue weighted by molar-refractivity contribution is 1.40. The van der Waals surface area contributed by atoms with E-state index in [-0.39, 0.29) is 0 Å². The zero-order valence-corrected chi connectivity index (χ0v) is 5.33. The second-order valence-electron chi connectivity index (χ2n) is 1.23. The molecule has 0 unspecified atom stereocenters. The molecule has 2 nitrogen and oxygen atoms in total. The number of allylic oxidation sites excluding steroid dienone is 1. The van der Waals surface area contributed by atoms with Crippen LogP contribution in [0.1, 0.15) is 6.92 Å². The van der Waals surface area contributed by atoms with E-state index in [4.69, 9.17) is 6.42 Å². The maximum absolute atomic E-state index is 5.03. The first-order valence-electron chi connectivity index (χ1n) is 2.46. The molecule has 9 heavy (non-hydrogen) atoms. The molecule has 0 aliphatic carbocycles. The Kier molecular flexibility index (Phi) is 4.07. The van der Waals surface area contributed by atoms with Gasteiger partial charge in [-0.1, -0.05) is 0 Å². The smallest absolute Gasteiger partial charge is 0.130 e. The summed E-state index contributed by atoms with van der Waals surface area (Å²) in [6.07, 6.45) is 8.06. The van der Waals surface area contributed by atoms with Crippen molar-refractivity contribution in [2.45, 2.75) is 6.92 Å². The predicted molar refractivity (Wildman–Crippen MR) is 40.6 cm³/mol. The highest BCUT2D eigenvalue weighted by atomic mass is 14.8. The normalized spacial score (nSPS) is 11.3. The van der Waals surface area contributed by atoms with Gasteiger partial charge in [0, 0.05) is 6.21 Å². The number of hydrogen-bond donors (Lipinski definition) is 0. The lowest BCUT2D eigenvalue weighted by Gasteiger charge is -1.82. The quantitative estimate of drug-likeness (QED) is 0.387. The van der Waals surface area contributed by atoms with E-state index in [2.05, 4.69) is 22.6 Å². The highest BCUT2D eigenvalue weighted by Gasteiger charge is 1.79. The Balaban J connectivity index is 4.19. The van der Waals surface area contributed by atoms with Gasteiger partial charge in [0.25, 0.3) is 0 Å². The molecule has 0 heterocycles. The molecular weight excluding hydrogens is 112 g/mol. The van der Waals surface area contributed by atoms with E-state index in [1.54, 1.807) is 13.1 Å². The van der Waals surface area contributed by atoms with E-state index in [0.717, 1.165) is 0 Å². The zero-order valence-electron chi connectivity index (χ0n) is 5.33. The van der Waals surface area contributed by atoms with Crippen LogP contribution in [0.4, 0.5) is 0 Å². The average molecular weight is 120 g/mol. The highest BCUT2D eigenvalue weighted by Crippen LogP contribution is 1.91. The first-order chi connectivity index (χ1) is 4.35. The van der Waals surface area contributed by atoms with Gasteiger partial charge in [0.15, 0.2) is 0 Å². The van der Waals surface area contributed by atoms with Crippen molar-refractivity contribution in [1.29, 1.82) is 0 Å². The second kappa shape index (κ2) is 4.79. The van der Waals surface area contributed by atoms with Crippen molar-refractivity contribution in [1.82, 2.24) is 0 Å². The molecule has 0 bridgehead atoms. The van der Waals surface area contributed by atoms with Crippen molar-refractivity contribution in [2.24, 2.45) is 9.98 Å². The Hall–Kier alpha value is -1.36. The molecule has 0 aromatic rings. The van der Waals surface area contributed by atoms with Crippen LogP contribution in [-0.4, -0.2) is 12.9 Å². The standard InChI is InChI=1S/C7H8N2/c1-4-7(6-8-3)9-5-2/h1,5-6H,3H2,2H3/b7-6-,9-5?. The molecule has 0 aromatic heterocycles. The van der Waals surface area contributed by atoms with Crippen molar-refractivity contribution in [3.05, 3.63) is 11.9 Å². The summed E-state index contributed by atoms with van der Waals surface area (Å²) in [4.78, 5) is 7.26. The van der Waals surface area contributed by atoms with E-state index < -0.39 is 0 Å². The van der Waals surface area contributed by atoms with Gasteiger partial charge in [-0.3, -0.25) is 9.98 Å². The minimum atomic E-state index is 0.493. The topological polar surface area (TPSA) is 24.7 Å². The lowest BCUT2D eigenvalue weighted by atomic mass is 10.5. The Morgan fingerprint density at radius 2 is 2.44 bits per heavy atom. The van der Waals surface area contributed by atoms with Gasteiger partial charge in [-0.25, -0.2) is 0 Å². The summed E-state index contributed by atoms with van der Waals surface area (Å²) in [6, 6.07) is 0. The Morgan fingerprint density at radius 1 is 1.78 bits per heavy atom. The van der Waals surface area contributed by atoms with Gasteiger partial charge < -0.3 is 0 Å². The Bertz CT molecular complexity index is 182. The summed E-state index contributed by atoms with van der Waals surface area (Å²) in [5.74, 6) is 2.33. The summed E-state index contributed by atoms with van der Waals surface area (Å²) in [5, 5.41) is 0.